The molecule has 62 heavy (non-hydrogen) atoms. The normalized spacial score (nSPS) is 13.0. The highest BCUT2D eigenvalue weighted by Gasteiger charge is 2.37. The van der Waals surface area contributed by atoms with Crippen LogP contribution in [0.3, 0.4) is 0 Å². The Morgan fingerprint density at radius 1 is 0.516 bits per heavy atom. The third-order valence-corrected chi connectivity index (χ3v) is 9.79. The van der Waals surface area contributed by atoms with E-state index in [9.17, 15) is 38.9 Å². The van der Waals surface area contributed by atoms with Crippen LogP contribution in [0.5, 0.6) is 0 Å². The third kappa shape index (κ3) is 8.03. The highest BCUT2D eigenvalue weighted by atomic mass is 16.9. The smallest absolute Gasteiger partial charge is 0.291 e. The lowest BCUT2D eigenvalue weighted by Gasteiger charge is -2.13. The van der Waals surface area contributed by atoms with E-state index in [1.54, 1.807) is 24.3 Å². The van der Waals surface area contributed by atoms with Crippen molar-refractivity contribution in [1.82, 2.24) is 29.9 Å². The molecule has 0 saturated carbocycles. The van der Waals surface area contributed by atoms with Crippen molar-refractivity contribution < 1.29 is 44.0 Å². The number of nitrogen functional groups attached to an aromatic ring is 1. The van der Waals surface area contributed by atoms with Crippen LogP contribution in [0.25, 0.3) is 33.8 Å². The number of nitrogens with two attached hydrogens (primary N) is 1. The summed E-state index contributed by atoms with van der Waals surface area (Å²) < 4.78 is 0. The molecule has 3 heterocycles. The number of rotatable bonds is 4. The van der Waals surface area contributed by atoms with Crippen molar-refractivity contribution >= 4 is 46.1 Å². The van der Waals surface area contributed by atoms with Gasteiger partial charge < -0.3 is 25.9 Å². The van der Waals surface area contributed by atoms with Crippen LogP contribution in [-0.2, 0) is 0 Å². The van der Waals surface area contributed by atoms with Gasteiger partial charge in [0.05, 0.1) is 4.92 Å². The molecule has 0 unspecified atom stereocenters. The van der Waals surface area contributed by atoms with Gasteiger partial charge in [0.2, 0.25) is 17.3 Å². The van der Waals surface area contributed by atoms with Gasteiger partial charge in [0.25, 0.3) is 28.1 Å². The Hall–Kier alpha value is -8.29. The van der Waals surface area contributed by atoms with E-state index in [-0.39, 0.29) is 40.4 Å². The fraction of sp³-hybridized carbons (Fsp3) is 0.214. The van der Waals surface area contributed by atoms with Crippen LogP contribution in [0, 0.1) is 20.2 Å². The molecule has 3 aliphatic carbocycles. The summed E-state index contributed by atoms with van der Waals surface area (Å²) in [6.45, 7) is 11.7. The van der Waals surface area contributed by atoms with Gasteiger partial charge in [-0.25, -0.2) is 15.0 Å². The fourth-order valence-corrected chi connectivity index (χ4v) is 6.66. The lowest BCUT2D eigenvalue weighted by Crippen LogP contribution is -2.21. The summed E-state index contributed by atoms with van der Waals surface area (Å²) in [6.07, 6.45) is 0. The van der Waals surface area contributed by atoms with Crippen molar-refractivity contribution in [2.24, 2.45) is 0 Å². The zero-order chi connectivity index (χ0) is 45.5. The van der Waals surface area contributed by atoms with Crippen LogP contribution in [-0.4, -0.2) is 79.8 Å². The lowest BCUT2D eigenvalue weighted by molar-refractivity contribution is -0.742. The highest BCUT2D eigenvalue weighted by molar-refractivity contribution is 6.53. The number of aromatic amines is 3. The second-order valence-electron chi connectivity index (χ2n) is 15.1. The molecule has 0 aliphatic heterocycles. The first-order valence-electron chi connectivity index (χ1n) is 18.9. The summed E-state index contributed by atoms with van der Waals surface area (Å²) in [6, 6.07) is 15.9. The summed E-state index contributed by atoms with van der Waals surface area (Å²) in [5.74, 6) is -1.05. The minimum atomic E-state index is -1.50. The predicted octanol–water partition coefficient (Wildman–Crippen LogP) is 6.88. The number of hydrogen-bond acceptors (Lipinski definition) is 14. The number of aromatic nitrogens is 6. The number of H-pyrrole nitrogens is 3. The minimum Gasteiger partial charge on any atom is -0.399 e. The Labute approximate surface area is 350 Å². The van der Waals surface area contributed by atoms with Crippen LogP contribution in [0.15, 0.2) is 60.7 Å². The number of nitro groups is 1. The molecular formula is C42H37N9O11. The minimum absolute atomic E-state index is 0.0310. The Morgan fingerprint density at radius 3 is 1.24 bits per heavy atom. The maximum Gasteiger partial charge on any atom is 0.291 e. The van der Waals surface area contributed by atoms with Crippen LogP contribution < -0.4 is 5.73 Å². The van der Waals surface area contributed by atoms with E-state index in [0.29, 0.717) is 62.4 Å². The van der Waals surface area contributed by atoms with Crippen molar-refractivity contribution in [2.75, 3.05) is 5.73 Å². The Kier molecular flexibility index (Phi) is 11.7. The summed E-state index contributed by atoms with van der Waals surface area (Å²) in [4.78, 5) is 113. The number of Topliss-reactive ketones (excluding diaryl/α,β-unsaturated/α-hetero) is 6. The van der Waals surface area contributed by atoms with Gasteiger partial charge in [0, 0.05) is 69.0 Å². The number of non-ortho nitro benzene ring substituents is 1. The van der Waals surface area contributed by atoms with Crippen LogP contribution >= 0.6 is 0 Å². The molecule has 6 N–H and O–H groups in total. The molecule has 20 nitrogen and oxygen atoms in total. The Morgan fingerprint density at radius 2 is 0.855 bits per heavy atom. The van der Waals surface area contributed by atoms with Gasteiger partial charge in [-0.1, -0.05) is 65.8 Å². The zero-order valence-corrected chi connectivity index (χ0v) is 33.8. The van der Waals surface area contributed by atoms with Gasteiger partial charge in [0.1, 0.15) is 51.6 Å². The van der Waals surface area contributed by atoms with E-state index < -0.39 is 44.7 Å². The monoisotopic (exact) mass is 843 g/mol. The Balaban J connectivity index is 0.000000149. The van der Waals surface area contributed by atoms with E-state index in [2.05, 4.69) is 29.9 Å². The first-order valence-corrected chi connectivity index (χ1v) is 18.9. The SMILES string of the molecule is CC(C)c1nc2c([nH]1)C(=O)C(=O)c1cc(N)ccc1-2.CC(C)c1nc2c([nH]1)C(=O)C(=O)c1cc([N+](=O)[O-])ccc1-2.CC(C)c1nc2c([nH]1)C(=O)C(=O)c1ccccc1-2.O=[N+]([O-])O. The van der Waals surface area contributed by atoms with Crippen molar-refractivity contribution in [1.29, 1.82) is 0 Å². The summed E-state index contributed by atoms with van der Waals surface area (Å²) in [7, 11) is 0. The molecule has 0 amide bonds. The molecule has 0 radical (unpaired) electrons. The molecular weight excluding hydrogens is 807 g/mol. The van der Waals surface area contributed by atoms with Gasteiger partial charge in [0.15, 0.2) is 0 Å². The number of benzene rings is 3. The molecule has 3 aromatic heterocycles. The number of ketones is 6. The van der Waals surface area contributed by atoms with E-state index in [1.807, 2.05) is 53.7 Å². The van der Waals surface area contributed by atoms with E-state index in [0.717, 1.165) is 17.5 Å². The van der Waals surface area contributed by atoms with Crippen molar-refractivity contribution in [3.8, 4) is 33.8 Å². The zero-order valence-electron chi connectivity index (χ0n) is 33.8. The molecule has 3 aromatic carbocycles. The number of carbonyl (C=O) groups excluding carboxylic acids is 6. The molecule has 0 atom stereocenters. The summed E-state index contributed by atoms with van der Waals surface area (Å²) in [5.41, 5.74) is 10.8. The maximum atomic E-state index is 12.1. The molecule has 0 fully saturated rings. The molecule has 0 spiro atoms. The number of fused-ring (bicyclic) bond motifs is 9. The average Bonchev–Trinajstić information content (AvgIpc) is 4.00. The van der Waals surface area contributed by atoms with E-state index in [1.165, 1.54) is 18.2 Å². The fourth-order valence-electron chi connectivity index (χ4n) is 6.66. The number of nitro benzene ring substituents is 1. The number of imidazole rings is 3. The molecule has 3 aliphatic rings. The molecule has 0 bridgehead atoms. The molecule has 6 aromatic rings. The molecule has 0 saturated heterocycles. The summed E-state index contributed by atoms with van der Waals surface area (Å²) >= 11 is 0. The van der Waals surface area contributed by atoms with E-state index >= 15 is 0 Å². The molecule has 20 heteroatoms. The largest absolute Gasteiger partial charge is 0.399 e. The number of carbonyl (C=O) groups is 6. The number of nitrogens with one attached hydrogen (secondary N) is 3. The predicted molar refractivity (Wildman–Crippen MR) is 220 cm³/mol. The molecule has 316 valence electrons. The number of hydrogen-bond donors (Lipinski definition) is 5. The number of anilines is 1. The van der Waals surface area contributed by atoms with Crippen LogP contribution in [0.1, 0.15) is 139 Å². The second-order valence-corrected chi connectivity index (χ2v) is 15.1. The van der Waals surface area contributed by atoms with Crippen LogP contribution in [0.4, 0.5) is 11.4 Å². The standard InChI is InChI=1S/C14H11N3O4.C14H13N3O2.C14H12N2O2.HNO3/c1-6(2)14-15-10-8-4-3-7(17(20)21)5-9(8)12(18)13(19)11(10)16-14;1-6(2)14-16-10-8-4-3-7(15)5-9(8)12(18)13(19)11(10)17-14;1-7(2)14-15-10-8-5-3-4-6-9(8)12(17)13(18)11(10)16-14;2-1(3)4/h3-6H,1-2H3,(H,15,16);3-6H,15H2,1-2H3,(H,16,17);3-7H,1-2H3,(H,15,16);(H,2,3,4). The number of nitrogens with zero attached hydrogens (tertiary/aromatic N) is 5. The highest BCUT2D eigenvalue weighted by Crippen LogP contribution is 2.37. The van der Waals surface area contributed by atoms with Crippen molar-refractivity contribution in [3.05, 3.63) is 132 Å². The van der Waals surface area contributed by atoms with Gasteiger partial charge >= 0.3 is 0 Å². The van der Waals surface area contributed by atoms with E-state index in [4.69, 9.17) is 21.1 Å². The van der Waals surface area contributed by atoms with Gasteiger partial charge in [-0.15, -0.1) is 10.1 Å². The second kappa shape index (κ2) is 16.8. The first kappa shape index (κ1) is 43.3. The third-order valence-electron chi connectivity index (χ3n) is 9.79. The van der Waals surface area contributed by atoms with Gasteiger partial charge in [-0.2, -0.15) is 0 Å². The molecule has 9 rings (SSSR count). The lowest BCUT2D eigenvalue weighted by atomic mass is 9.90. The van der Waals surface area contributed by atoms with Gasteiger partial charge in [-0.05, 0) is 24.3 Å². The average molecular weight is 844 g/mol. The van der Waals surface area contributed by atoms with Crippen LogP contribution in [0.2, 0.25) is 0 Å². The van der Waals surface area contributed by atoms with Crippen molar-refractivity contribution in [3.63, 3.8) is 0 Å². The quantitative estimate of drug-likeness (QED) is 0.0522. The summed E-state index contributed by atoms with van der Waals surface area (Å²) in [5, 5.41) is 24.4. The van der Waals surface area contributed by atoms with Crippen molar-refractivity contribution in [2.45, 2.75) is 59.3 Å². The first-order chi connectivity index (χ1) is 29.2. The maximum absolute atomic E-state index is 12.1. The van der Waals surface area contributed by atoms with Gasteiger partial charge in [-0.3, -0.25) is 38.9 Å². The topological polar surface area (TPSA) is 321 Å². The Bertz CT molecular complexity index is 2890.